The molecule has 3 heterocycles. The van der Waals surface area contributed by atoms with Gasteiger partial charge in [-0.05, 0) is 0 Å². The number of nitrogen functional groups attached to an aromatic ring is 2. The first-order valence-electron chi connectivity index (χ1n) is 7.91. The minimum Gasteiger partial charge on any atom is -0.461 e. The number of fused-ring (bicyclic) bond motifs is 1. The number of hydrogen-bond acceptors (Lipinski definition) is 11. The van der Waals surface area contributed by atoms with Crippen molar-refractivity contribution in [3.05, 3.63) is 6.33 Å². The lowest BCUT2D eigenvalue weighted by Gasteiger charge is -2.26. The number of ether oxygens (including phenoxy) is 3. The molecule has 2 aromatic heterocycles. The van der Waals surface area contributed by atoms with E-state index < -0.39 is 36.5 Å². The first kappa shape index (κ1) is 18.3. The third-order valence-corrected chi connectivity index (χ3v) is 4.05. The van der Waals surface area contributed by atoms with Crippen molar-refractivity contribution in [2.24, 2.45) is 0 Å². The van der Waals surface area contributed by atoms with Gasteiger partial charge in [0.2, 0.25) is 11.5 Å². The van der Waals surface area contributed by atoms with E-state index in [4.69, 9.17) is 25.7 Å². The molecule has 3 rings (SSSR count). The van der Waals surface area contributed by atoms with Gasteiger partial charge >= 0.3 is 11.9 Å². The highest BCUT2D eigenvalue weighted by Gasteiger charge is 2.53. The maximum atomic E-state index is 11.5. The topological polar surface area (TPSA) is 181 Å². The van der Waals surface area contributed by atoms with Gasteiger partial charge in [0.25, 0.3) is 0 Å². The summed E-state index contributed by atoms with van der Waals surface area (Å²) in [6, 6.07) is 1.96. The van der Waals surface area contributed by atoms with Crippen molar-refractivity contribution in [3.8, 4) is 6.07 Å². The molecule has 1 unspecified atom stereocenters. The molecule has 0 saturated carbocycles. The Hall–Kier alpha value is -3.46. The number of carbonyl (C=O) groups is 2. The number of carbonyl (C=O) groups excluding carboxylic acids is 2. The molecule has 2 aromatic rings. The number of anilines is 2. The maximum absolute atomic E-state index is 11.5. The first-order chi connectivity index (χ1) is 12.8. The number of hydrogen-bond donors (Lipinski definition) is 2. The average molecular weight is 375 g/mol. The third kappa shape index (κ3) is 3.32. The predicted molar refractivity (Wildman–Crippen MR) is 89.4 cm³/mol. The fourth-order valence-corrected chi connectivity index (χ4v) is 2.89. The third-order valence-electron chi connectivity index (χ3n) is 4.05. The number of nitriles is 1. The molecule has 12 nitrogen and oxygen atoms in total. The number of rotatable bonds is 4. The summed E-state index contributed by atoms with van der Waals surface area (Å²) < 4.78 is 17.6. The summed E-state index contributed by atoms with van der Waals surface area (Å²) in [6.07, 6.45) is -0.255. The van der Waals surface area contributed by atoms with Crippen molar-refractivity contribution >= 4 is 34.9 Å². The highest BCUT2D eigenvalue weighted by atomic mass is 16.6. The Morgan fingerprint density at radius 1 is 1.41 bits per heavy atom. The molecule has 0 spiro atoms. The van der Waals surface area contributed by atoms with Gasteiger partial charge in [-0.1, -0.05) is 0 Å². The zero-order valence-corrected chi connectivity index (χ0v) is 14.6. The van der Waals surface area contributed by atoms with Gasteiger partial charge in [-0.2, -0.15) is 15.2 Å². The molecule has 0 bridgehead atoms. The van der Waals surface area contributed by atoms with E-state index in [0.29, 0.717) is 11.2 Å². The van der Waals surface area contributed by atoms with Crippen LogP contribution in [0.1, 0.15) is 26.5 Å². The quantitative estimate of drug-likeness (QED) is 0.667. The van der Waals surface area contributed by atoms with Crippen LogP contribution in [0.4, 0.5) is 11.8 Å². The van der Waals surface area contributed by atoms with E-state index in [9.17, 15) is 14.9 Å². The van der Waals surface area contributed by atoms with Crippen LogP contribution in [0.15, 0.2) is 6.33 Å². The standard InChI is InChI=1S/C15H17N7O5/c1-7(23)25-5-15(4-16)9(26-8(2)24)3-10(27-15)22-6-19-11-12(17)20-14(18)21-13(11)22/h6,9-10H,3,5H2,1-2H3,(H4,17,18,20,21)/t9?,10-,15-/m1/s1. The molecule has 0 aromatic carbocycles. The molecule has 1 saturated heterocycles. The van der Waals surface area contributed by atoms with Crippen molar-refractivity contribution in [3.63, 3.8) is 0 Å². The minimum absolute atomic E-state index is 0.0530. The van der Waals surface area contributed by atoms with E-state index >= 15 is 0 Å². The second-order valence-electron chi connectivity index (χ2n) is 5.98. The maximum Gasteiger partial charge on any atom is 0.303 e. The largest absolute Gasteiger partial charge is 0.461 e. The van der Waals surface area contributed by atoms with Gasteiger partial charge in [0.15, 0.2) is 17.6 Å². The normalized spacial score (nSPS) is 24.5. The Labute approximate surface area is 153 Å². The van der Waals surface area contributed by atoms with Gasteiger partial charge in [0.05, 0.1) is 6.33 Å². The van der Waals surface area contributed by atoms with Crippen LogP contribution >= 0.6 is 0 Å². The Bertz CT molecular complexity index is 952. The summed E-state index contributed by atoms with van der Waals surface area (Å²) in [5, 5.41) is 9.68. The second kappa shape index (κ2) is 6.69. The van der Waals surface area contributed by atoms with E-state index in [1.165, 1.54) is 24.7 Å². The van der Waals surface area contributed by atoms with Crippen LogP contribution in [-0.4, -0.2) is 49.8 Å². The highest BCUT2D eigenvalue weighted by molar-refractivity contribution is 5.82. The zero-order valence-electron chi connectivity index (χ0n) is 14.6. The molecule has 1 fully saturated rings. The molecule has 0 radical (unpaired) electrons. The zero-order chi connectivity index (χ0) is 19.8. The van der Waals surface area contributed by atoms with Gasteiger partial charge in [0.1, 0.15) is 24.4 Å². The Morgan fingerprint density at radius 2 is 2.15 bits per heavy atom. The van der Waals surface area contributed by atoms with E-state index in [2.05, 4.69) is 15.0 Å². The Balaban J connectivity index is 1.99. The van der Waals surface area contributed by atoms with Gasteiger partial charge in [-0.25, -0.2) is 4.98 Å². The molecule has 27 heavy (non-hydrogen) atoms. The Morgan fingerprint density at radius 3 is 2.78 bits per heavy atom. The summed E-state index contributed by atoms with van der Waals surface area (Å²) >= 11 is 0. The van der Waals surface area contributed by atoms with Gasteiger partial charge < -0.3 is 25.7 Å². The number of nitrogens with zero attached hydrogens (tertiary/aromatic N) is 5. The molecule has 12 heteroatoms. The SMILES string of the molecule is CC(=O)OC[C@@]1(C#N)O[C@@H](n2cnc3c(N)nc(N)nc32)CC1OC(C)=O. The number of imidazole rings is 1. The van der Waals surface area contributed by atoms with E-state index in [0.717, 1.165) is 0 Å². The second-order valence-corrected chi connectivity index (χ2v) is 5.98. The summed E-state index contributed by atoms with van der Waals surface area (Å²) in [4.78, 5) is 34.7. The van der Waals surface area contributed by atoms with Crippen LogP contribution in [0.3, 0.4) is 0 Å². The lowest BCUT2D eigenvalue weighted by Crippen LogP contribution is -2.45. The Kier molecular flexibility index (Phi) is 4.54. The molecule has 1 aliphatic rings. The molecule has 0 aliphatic carbocycles. The van der Waals surface area contributed by atoms with Crippen molar-refractivity contribution in [1.82, 2.24) is 19.5 Å². The smallest absolute Gasteiger partial charge is 0.303 e. The molecule has 1 aliphatic heterocycles. The molecule has 4 N–H and O–H groups in total. The highest BCUT2D eigenvalue weighted by Crippen LogP contribution is 2.40. The van der Waals surface area contributed by atoms with Crippen LogP contribution in [0, 0.1) is 11.3 Å². The fourth-order valence-electron chi connectivity index (χ4n) is 2.89. The van der Waals surface area contributed by atoms with Crippen molar-refractivity contribution in [2.75, 3.05) is 18.1 Å². The van der Waals surface area contributed by atoms with Crippen LogP contribution in [0.2, 0.25) is 0 Å². The lowest BCUT2D eigenvalue weighted by molar-refractivity contribution is -0.164. The van der Waals surface area contributed by atoms with E-state index in [1.807, 2.05) is 6.07 Å². The fraction of sp³-hybridized carbons (Fsp3) is 0.467. The molecular weight excluding hydrogens is 358 g/mol. The summed E-state index contributed by atoms with van der Waals surface area (Å²) in [6.45, 7) is 2.01. The van der Waals surface area contributed by atoms with Gasteiger partial charge in [-0.15, -0.1) is 0 Å². The van der Waals surface area contributed by atoms with Crippen LogP contribution < -0.4 is 11.5 Å². The molecule has 142 valence electrons. The molecule has 3 atom stereocenters. The van der Waals surface area contributed by atoms with Crippen molar-refractivity contribution < 1.29 is 23.8 Å². The van der Waals surface area contributed by atoms with E-state index in [-0.39, 0.29) is 18.2 Å². The molecule has 0 amide bonds. The summed E-state index contributed by atoms with van der Waals surface area (Å²) in [7, 11) is 0. The van der Waals surface area contributed by atoms with Gasteiger partial charge in [0, 0.05) is 20.3 Å². The van der Waals surface area contributed by atoms with Gasteiger partial charge in [-0.3, -0.25) is 14.2 Å². The number of aromatic nitrogens is 4. The van der Waals surface area contributed by atoms with Crippen LogP contribution in [0.25, 0.3) is 11.2 Å². The predicted octanol–water partition coefficient (Wildman–Crippen LogP) is -0.333. The van der Waals surface area contributed by atoms with Crippen LogP contribution in [0.5, 0.6) is 0 Å². The minimum atomic E-state index is -1.68. The number of esters is 2. The monoisotopic (exact) mass is 375 g/mol. The first-order valence-corrected chi connectivity index (χ1v) is 7.91. The number of nitrogens with two attached hydrogens (primary N) is 2. The lowest BCUT2D eigenvalue weighted by atomic mass is 9.99. The molecular formula is C15H17N7O5. The summed E-state index contributed by atoms with van der Waals surface area (Å²) in [5.41, 5.74) is 10.4. The van der Waals surface area contributed by atoms with Crippen molar-refractivity contribution in [2.45, 2.75) is 38.2 Å². The van der Waals surface area contributed by atoms with Crippen molar-refractivity contribution in [1.29, 1.82) is 5.26 Å². The van der Waals surface area contributed by atoms with E-state index in [1.54, 1.807) is 0 Å². The average Bonchev–Trinajstić information content (AvgIpc) is 3.14. The van der Waals surface area contributed by atoms with Crippen LogP contribution in [-0.2, 0) is 23.8 Å². The summed E-state index contributed by atoms with van der Waals surface area (Å²) in [5.74, 6) is -1.15.